The zero-order chi connectivity index (χ0) is 13.7. The summed E-state index contributed by atoms with van der Waals surface area (Å²) in [5, 5.41) is 15.0. The minimum atomic E-state index is -0.285. The van der Waals surface area contributed by atoms with Crippen molar-refractivity contribution in [2.75, 3.05) is 6.54 Å². The molecule has 2 unspecified atom stereocenters. The average Bonchev–Trinajstić information content (AvgIpc) is 2.40. The summed E-state index contributed by atoms with van der Waals surface area (Å²) in [6.45, 7) is 3.12. The van der Waals surface area contributed by atoms with E-state index >= 15 is 0 Å². The zero-order valence-corrected chi connectivity index (χ0v) is 12.0. The van der Waals surface area contributed by atoms with Gasteiger partial charge in [-0.15, -0.1) is 11.8 Å². The summed E-state index contributed by atoms with van der Waals surface area (Å²) in [6, 6.07) is 7.62. The third-order valence-corrected chi connectivity index (χ3v) is 4.84. The van der Waals surface area contributed by atoms with Crippen molar-refractivity contribution in [3.63, 3.8) is 0 Å². The van der Waals surface area contributed by atoms with Crippen molar-refractivity contribution in [1.29, 1.82) is 0 Å². The zero-order valence-electron chi connectivity index (χ0n) is 11.2. The van der Waals surface area contributed by atoms with E-state index in [4.69, 9.17) is 0 Å². The van der Waals surface area contributed by atoms with Crippen LogP contribution in [-0.2, 0) is 0 Å². The Bertz CT molecular complexity index is 437. The standard InChI is InChI=1S/C14H20N2O2S/c1-2-15-11-6-5-7-12(10-11)19-14-9-4-3-8-13(14)16(17)18/h3-4,8-9,11-12,15H,2,5-7,10H2,1H3. The predicted octanol–water partition coefficient (Wildman–Crippen LogP) is 3.61. The molecule has 5 heteroatoms. The second kappa shape index (κ2) is 6.91. The molecule has 1 N–H and O–H groups in total. The van der Waals surface area contributed by atoms with Gasteiger partial charge in [0.2, 0.25) is 0 Å². The number of nitrogens with zero attached hydrogens (tertiary/aromatic N) is 1. The molecule has 0 spiro atoms. The van der Waals surface area contributed by atoms with Gasteiger partial charge in [-0.3, -0.25) is 10.1 Å². The quantitative estimate of drug-likeness (QED) is 0.661. The van der Waals surface area contributed by atoms with Gasteiger partial charge < -0.3 is 5.32 Å². The maximum Gasteiger partial charge on any atom is 0.282 e. The third-order valence-electron chi connectivity index (χ3n) is 3.47. The number of para-hydroxylation sites is 1. The lowest BCUT2D eigenvalue weighted by atomic mass is 9.95. The Morgan fingerprint density at radius 2 is 2.21 bits per heavy atom. The van der Waals surface area contributed by atoms with Gasteiger partial charge in [-0.2, -0.15) is 0 Å². The van der Waals surface area contributed by atoms with Gasteiger partial charge >= 0.3 is 0 Å². The van der Waals surface area contributed by atoms with Gasteiger partial charge in [0, 0.05) is 17.4 Å². The lowest BCUT2D eigenvalue weighted by molar-refractivity contribution is -0.387. The van der Waals surface area contributed by atoms with Crippen LogP contribution in [0, 0.1) is 10.1 Å². The SMILES string of the molecule is CCNC1CCCC(Sc2ccccc2[N+](=O)[O-])C1. The number of nitro benzene ring substituents is 1. The summed E-state index contributed by atoms with van der Waals surface area (Å²) in [5.74, 6) is 0. The lowest BCUT2D eigenvalue weighted by Crippen LogP contribution is -2.34. The molecule has 1 aliphatic carbocycles. The smallest absolute Gasteiger partial charge is 0.282 e. The van der Waals surface area contributed by atoms with Crippen molar-refractivity contribution >= 4 is 17.4 Å². The molecule has 0 aliphatic heterocycles. The van der Waals surface area contributed by atoms with Crippen molar-refractivity contribution < 1.29 is 4.92 Å². The molecule has 2 atom stereocenters. The van der Waals surface area contributed by atoms with Crippen molar-refractivity contribution in [2.24, 2.45) is 0 Å². The van der Waals surface area contributed by atoms with E-state index in [1.165, 1.54) is 12.8 Å². The second-order valence-electron chi connectivity index (χ2n) is 4.89. The van der Waals surface area contributed by atoms with Crippen LogP contribution in [0.2, 0.25) is 0 Å². The molecule has 1 aliphatic rings. The third kappa shape index (κ3) is 3.94. The number of nitrogens with one attached hydrogen (secondary N) is 1. The fourth-order valence-corrected chi connectivity index (χ4v) is 4.01. The van der Waals surface area contributed by atoms with Crippen LogP contribution in [0.15, 0.2) is 29.2 Å². The van der Waals surface area contributed by atoms with E-state index in [-0.39, 0.29) is 10.6 Å². The Hall–Kier alpha value is -1.07. The number of thioether (sulfide) groups is 1. The molecule has 0 heterocycles. The molecule has 1 fully saturated rings. The molecule has 19 heavy (non-hydrogen) atoms. The van der Waals surface area contributed by atoms with Crippen LogP contribution in [0.1, 0.15) is 32.6 Å². The normalized spacial score (nSPS) is 23.2. The molecule has 2 rings (SSSR count). The number of nitro groups is 1. The van der Waals surface area contributed by atoms with Crippen LogP contribution in [0.3, 0.4) is 0 Å². The van der Waals surface area contributed by atoms with E-state index < -0.39 is 0 Å². The Morgan fingerprint density at radius 3 is 2.95 bits per heavy atom. The van der Waals surface area contributed by atoms with Crippen molar-refractivity contribution in [3.8, 4) is 0 Å². The molecule has 0 bridgehead atoms. The molecule has 1 aromatic rings. The molecular weight excluding hydrogens is 260 g/mol. The van der Waals surface area contributed by atoms with E-state index in [1.54, 1.807) is 23.9 Å². The van der Waals surface area contributed by atoms with Crippen LogP contribution in [-0.4, -0.2) is 22.8 Å². The van der Waals surface area contributed by atoms with Crippen LogP contribution >= 0.6 is 11.8 Å². The monoisotopic (exact) mass is 280 g/mol. The maximum atomic E-state index is 11.0. The number of hydrogen-bond acceptors (Lipinski definition) is 4. The lowest BCUT2D eigenvalue weighted by Gasteiger charge is -2.29. The topological polar surface area (TPSA) is 55.2 Å². The summed E-state index contributed by atoms with van der Waals surface area (Å²) < 4.78 is 0. The van der Waals surface area contributed by atoms with Crippen molar-refractivity contribution in [2.45, 2.75) is 48.8 Å². The van der Waals surface area contributed by atoms with Crippen LogP contribution in [0.25, 0.3) is 0 Å². The fraction of sp³-hybridized carbons (Fsp3) is 0.571. The Kier molecular flexibility index (Phi) is 5.22. The van der Waals surface area contributed by atoms with E-state index in [0.29, 0.717) is 11.3 Å². The first-order valence-electron chi connectivity index (χ1n) is 6.84. The highest BCUT2D eigenvalue weighted by Crippen LogP contribution is 2.37. The Labute approximate surface area is 118 Å². The van der Waals surface area contributed by atoms with Crippen LogP contribution < -0.4 is 5.32 Å². The summed E-state index contributed by atoms with van der Waals surface area (Å²) in [4.78, 5) is 11.5. The highest BCUT2D eigenvalue weighted by atomic mass is 32.2. The fourth-order valence-electron chi connectivity index (χ4n) is 2.61. The van der Waals surface area contributed by atoms with E-state index in [0.717, 1.165) is 24.3 Å². The minimum Gasteiger partial charge on any atom is -0.314 e. The molecule has 4 nitrogen and oxygen atoms in total. The molecule has 0 radical (unpaired) electrons. The first-order chi connectivity index (χ1) is 9.20. The van der Waals surface area contributed by atoms with Gasteiger partial charge in [0.25, 0.3) is 5.69 Å². The predicted molar refractivity (Wildman–Crippen MR) is 78.7 cm³/mol. The van der Waals surface area contributed by atoms with E-state index in [2.05, 4.69) is 12.2 Å². The summed E-state index contributed by atoms with van der Waals surface area (Å²) >= 11 is 1.67. The largest absolute Gasteiger partial charge is 0.314 e. The van der Waals surface area contributed by atoms with Crippen LogP contribution in [0.5, 0.6) is 0 Å². The van der Waals surface area contributed by atoms with Gasteiger partial charge in [-0.25, -0.2) is 0 Å². The molecular formula is C14H20N2O2S. The highest BCUT2D eigenvalue weighted by molar-refractivity contribution is 8.00. The maximum absolute atomic E-state index is 11.0. The Balaban J connectivity index is 2.02. The van der Waals surface area contributed by atoms with Gasteiger partial charge in [0.15, 0.2) is 0 Å². The first kappa shape index (κ1) is 14.3. The average molecular weight is 280 g/mol. The van der Waals surface area contributed by atoms with Gasteiger partial charge in [0.05, 0.1) is 9.82 Å². The van der Waals surface area contributed by atoms with Gasteiger partial charge in [-0.05, 0) is 31.9 Å². The van der Waals surface area contributed by atoms with Gasteiger partial charge in [0.1, 0.15) is 0 Å². The molecule has 104 valence electrons. The summed E-state index contributed by atoms with van der Waals surface area (Å²) in [7, 11) is 0. The summed E-state index contributed by atoms with van der Waals surface area (Å²) in [6.07, 6.45) is 4.68. The summed E-state index contributed by atoms with van der Waals surface area (Å²) in [5.41, 5.74) is 0.234. The number of hydrogen-bond donors (Lipinski definition) is 1. The van der Waals surface area contributed by atoms with E-state index in [1.807, 2.05) is 12.1 Å². The number of benzene rings is 1. The molecule has 0 aromatic heterocycles. The van der Waals surface area contributed by atoms with E-state index in [9.17, 15) is 10.1 Å². The van der Waals surface area contributed by atoms with Crippen molar-refractivity contribution in [1.82, 2.24) is 5.32 Å². The first-order valence-corrected chi connectivity index (χ1v) is 7.72. The highest BCUT2D eigenvalue weighted by Gasteiger charge is 2.24. The molecule has 1 aromatic carbocycles. The van der Waals surface area contributed by atoms with Crippen molar-refractivity contribution in [3.05, 3.63) is 34.4 Å². The molecule has 1 saturated carbocycles. The molecule has 0 amide bonds. The second-order valence-corrected chi connectivity index (χ2v) is 6.23. The number of rotatable bonds is 5. The Morgan fingerprint density at radius 1 is 1.42 bits per heavy atom. The van der Waals surface area contributed by atoms with Gasteiger partial charge in [-0.1, -0.05) is 25.5 Å². The van der Waals surface area contributed by atoms with Crippen LogP contribution in [0.4, 0.5) is 5.69 Å². The molecule has 0 saturated heterocycles. The minimum absolute atomic E-state index is 0.234.